The highest BCUT2D eigenvalue weighted by atomic mass is 19.4. The van der Waals surface area contributed by atoms with Gasteiger partial charge in [-0.1, -0.05) is 42.5 Å². The molecule has 0 fully saturated rings. The van der Waals surface area contributed by atoms with Crippen LogP contribution in [0.5, 0.6) is 0 Å². The molecular formula is C31H27F3N4O2. The predicted molar refractivity (Wildman–Crippen MR) is 148 cm³/mol. The molecule has 1 aliphatic rings. The first-order chi connectivity index (χ1) is 19.2. The van der Waals surface area contributed by atoms with Gasteiger partial charge in [-0.25, -0.2) is 4.98 Å². The molecule has 1 amide bonds. The summed E-state index contributed by atoms with van der Waals surface area (Å²) in [7, 11) is 0. The topological polar surface area (TPSA) is 67.2 Å². The fourth-order valence-electron chi connectivity index (χ4n) is 4.92. The smallest absolute Gasteiger partial charge is 0.349 e. The number of anilines is 1. The van der Waals surface area contributed by atoms with Crippen molar-refractivity contribution in [3.63, 3.8) is 0 Å². The molecule has 3 aromatic carbocycles. The largest absolute Gasteiger partial charge is 0.416 e. The minimum absolute atomic E-state index is 0.123. The fourth-order valence-corrected chi connectivity index (χ4v) is 4.92. The Balaban J connectivity index is 1.41. The Kier molecular flexibility index (Phi) is 7.35. The van der Waals surface area contributed by atoms with Gasteiger partial charge in [0.2, 0.25) is 5.95 Å². The number of carbonyl (C=O) groups excluding carboxylic acids is 1. The zero-order valence-corrected chi connectivity index (χ0v) is 21.8. The van der Waals surface area contributed by atoms with Crippen LogP contribution >= 0.6 is 0 Å². The van der Waals surface area contributed by atoms with Crippen LogP contribution in [0.4, 0.5) is 19.1 Å². The van der Waals surface area contributed by atoms with E-state index in [0.29, 0.717) is 41.3 Å². The summed E-state index contributed by atoms with van der Waals surface area (Å²) in [6, 6.07) is 17.8. The van der Waals surface area contributed by atoms with Gasteiger partial charge in [0.15, 0.2) is 0 Å². The third-order valence-electron chi connectivity index (χ3n) is 7.16. The number of carbonyl (C=O) groups is 1. The first kappa shape index (κ1) is 27.0. The quantitative estimate of drug-likeness (QED) is 0.311. The minimum atomic E-state index is -4.42. The number of terminal acetylenes is 1. The lowest BCUT2D eigenvalue weighted by atomic mass is 10.0. The molecule has 0 saturated carbocycles. The summed E-state index contributed by atoms with van der Waals surface area (Å²) >= 11 is 0. The Bertz CT molecular complexity index is 1670. The number of nitrogens with zero attached hydrogens (tertiary/aromatic N) is 3. The number of hydrogen-bond acceptors (Lipinski definition) is 4. The van der Waals surface area contributed by atoms with Gasteiger partial charge in [0.1, 0.15) is 0 Å². The van der Waals surface area contributed by atoms with Crippen molar-refractivity contribution in [2.75, 3.05) is 11.9 Å². The maximum atomic E-state index is 13.6. The summed E-state index contributed by atoms with van der Waals surface area (Å²) in [4.78, 5) is 33.4. The van der Waals surface area contributed by atoms with Crippen LogP contribution in [-0.2, 0) is 25.7 Å². The molecule has 0 saturated heterocycles. The molecule has 1 aliphatic heterocycles. The Morgan fingerprint density at radius 1 is 1.10 bits per heavy atom. The number of alkyl halides is 3. The van der Waals surface area contributed by atoms with E-state index >= 15 is 0 Å². The second kappa shape index (κ2) is 10.9. The normalized spacial score (nSPS) is 13.9. The standard InChI is InChI=1S/C31H27F3N4O2/c1-3-4-16-38-29(40)26-19-37(28(39)24-10-9-22-7-5-6-8-23(22)18-24)17-15-27(26)36-30(38)35-20(2)21-11-13-25(14-12-21)31(32,33)34/h1,5-14,18,20H,4,15-17,19H2,2H3,(H,35,36)/t20-/m1/s1. The van der Waals surface area contributed by atoms with Crippen LogP contribution in [0.15, 0.2) is 71.5 Å². The highest BCUT2D eigenvalue weighted by molar-refractivity contribution is 5.98. The second-order valence-corrected chi connectivity index (χ2v) is 9.80. The van der Waals surface area contributed by atoms with Gasteiger partial charge in [-0.05, 0) is 47.5 Å². The summed E-state index contributed by atoms with van der Waals surface area (Å²) in [5.41, 5.74) is 1.15. The molecule has 40 heavy (non-hydrogen) atoms. The lowest BCUT2D eigenvalue weighted by Crippen LogP contribution is -2.41. The van der Waals surface area contributed by atoms with Crippen LogP contribution < -0.4 is 10.9 Å². The number of nitrogens with one attached hydrogen (secondary N) is 1. The van der Waals surface area contributed by atoms with Crippen LogP contribution in [0.1, 0.15) is 52.1 Å². The van der Waals surface area contributed by atoms with Gasteiger partial charge in [0.25, 0.3) is 11.5 Å². The predicted octanol–water partition coefficient (Wildman–Crippen LogP) is 5.81. The van der Waals surface area contributed by atoms with Gasteiger partial charge in [-0.3, -0.25) is 14.2 Å². The molecule has 0 spiro atoms. The first-order valence-corrected chi connectivity index (χ1v) is 12.9. The van der Waals surface area contributed by atoms with Gasteiger partial charge in [-0.2, -0.15) is 13.2 Å². The van der Waals surface area contributed by atoms with Gasteiger partial charge in [-0.15, -0.1) is 12.3 Å². The number of benzene rings is 3. The fraction of sp³-hybridized carbons (Fsp3) is 0.258. The summed E-state index contributed by atoms with van der Waals surface area (Å²) in [5.74, 6) is 2.66. The maximum absolute atomic E-state index is 13.6. The van der Waals surface area contributed by atoms with Gasteiger partial charge in [0.05, 0.1) is 29.4 Å². The molecule has 1 atom stereocenters. The molecule has 6 nitrogen and oxygen atoms in total. The molecular weight excluding hydrogens is 517 g/mol. The molecule has 2 heterocycles. The molecule has 4 aromatic rings. The Morgan fingerprint density at radius 3 is 2.52 bits per heavy atom. The van der Waals surface area contributed by atoms with E-state index in [1.54, 1.807) is 17.9 Å². The summed E-state index contributed by atoms with van der Waals surface area (Å²) in [6.45, 7) is 2.50. The van der Waals surface area contributed by atoms with Crippen molar-refractivity contribution < 1.29 is 18.0 Å². The van der Waals surface area contributed by atoms with Crippen molar-refractivity contribution in [2.45, 2.75) is 45.1 Å². The molecule has 0 bridgehead atoms. The van der Waals surface area contributed by atoms with E-state index in [0.717, 1.165) is 22.9 Å². The van der Waals surface area contributed by atoms with Gasteiger partial charge in [0, 0.05) is 31.5 Å². The third-order valence-corrected chi connectivity index (χ3v) is 7.16. The minimum Gasteiger partial charge on any atom is -0.349 e. The van der Waals surface area contributed by atoms with Crippen molar-refractivity contribution in [3.05, 3.63) is 105 Å². The highest BCUT2D eigenvalue weighted by Crippen LogP contribution is 2.30. The number of halogens is 3. The zero-order chi connectivity index (χ0) is 28.4. The molecule has 1 N–H and O–H groups in total. The lowest BCUT2D eigenvalue weighted by molar-refractivity contribution is -0.137. The van der Waals surface area contributed by atoms with Crippen molar-refractivity contribution in [1.82, 2.24) is 14.5 Å². The van der Waals surface area contributed by atoms with E-state index in [9.17, 15) is 22.8 Å². The number of amides is 1. The average molecular weight is 545 g/mol. The molecule has 0 radical (unpaired) electrons. The Morgan fingerprint density at radius 2 is 1.82 bits per heavy atom. The van der Waals surface area contributed by atoms with Crippen molar-refractivity contribution in [1.29, 1.82) is 0 Å². The molecule has 0 aliphatic carbocycles. The number of aromatic nitrogens is 2. The van der Waals surface area contributed by atoms with Crippen LogP contribution in [0.2, 0.25) is 0 Å². The van der Waals surface area contributed by atoms with Crippen LogP contribution in [0.25, 0.3) is 10.8 Å². The van der Waals surface area contributed by atoms with Crippen molar-refractivity contribution in [2.24, 2.45) is 0 Å². The highest BCUT2D eigenvalue weighted by Gasteiger charge is 2.30. The SMILES string of the molecule is C#CCCn1c(N[C@H](C)c2ccc(C(F)(F)F)cc2)nc2c(c1=O)CN(C(=O)c1ccc3ccccc3c1)CC2. The summed E-state index contributed by atoms with van der Waals surface area (Å²) < 4.78 is 40.4. The lowest BCUT2D eigenvalue weighted by Gasteiger charge is -2.29. The molecule has 0 unspecified atom stereocenters. The Hall–Kier alpha value is -4.58. The van der Waals surface area contributed by atoms with Gasteiger partial charge >= 0.3 is 6.18 Å². The molecule has 1 aromatic heterocycles. The van der Waals surface area contributed by atoms with Crippen LogP contribution in [0, 0.1) is 12.3 Å². The Labute approximate surface area is 229 Å². The van der Waals surface area contributed by atoms with Crippen LogP contribution in [0.3, 0.4) is 0 Å². The monoisotopic (exact) mass is 544 g/mol. The first-order valence-electron chi connectivity index (χ1n) is 12.9. The second-order valence-electron chi connectivity index (χ2n) is 9.80. The van der Waals surface area contributed by atoms with Crippen molar-refractivity contribution in [3.8, 4) is 12.3 Å². The van der Waals surface area contributed by atoms with Crippen LogP contribution in [-0.4, -0.2) is 26.9 Å². The van der Waals surface area contributed by atoms with Crippen molar-refractivity contribution >= 4 is 22.6 Å². The van der Waals surface area contributed by atoms with E-state index in [1.165, 1.54) is 16.7 Å². The number of fused-ring (bicyclic) bond motifs is 2. The molecule has 5 rings (SSSR count). The molecule has 9 heteroatoms. The molecule has 204 valence electrons. The summed E-state index contributed by atoms with van der Waals surface area (Å²) in [6.07, 6.45) is 1.72. The van der Waals surface area contributed by atoms with E-state index in [1.807, 2.05) is 36.4 Å². The van der Waals surface area contributed by atoms with E-state index < -0.39 is 17.8 Å². The summed E-state index contributed by atoms with van der Waals surface area (Å²) in [5, 5.41) is 5.18. The van der Waals surface area contributed by atoms with E-state index in [4.69, 9.17) is 11.4 Å². The van der Waals surface area contributed by atoms with E-state index in [2.05, 4.69) is 11.2 Å². The average Bonchev–Trinajstić information content (AvgIpc) is 2.96. The van der Waals surface area contributed by atoms with Gasteiger partial charge < -0.3 is 10.2 Å². The maximum Gasteiger partial charge on any atom is 0.416 e. The van der Waals surface area contributed by atoms with E-state index in [-0.39, 0.29) is 31.0 Å². The number of hydrogen-bond donors (Lipinski definition) is 1. The number of rotatable bonds is 6. The zero-order valence-electron chi connectivity index (χ0n) is 21.8. The third kappa shape index (κ3) is 5.43.